The Bertz CT molecular complexity index is 944. The highest BCUT2D eigenvalue weighted by Crippen LogP contribution is 2.22. The van der Waals surface area contributed by atoms with Crippen LogP contribution in [-0.4, -0.2) is 42.3 Å². The third-order valence-electron chi connectivity index (χ3n) is 4.95. The molecular weight excluding hydrogens is 402 g/mol. The van der Waals surface area contributed by atoms with E-state index in [4.69, 9.17) is 0 Å². The van der Waals surface area contributed by atoms with E-state index in [-0.39, 0.29) is 42.1 Å². The lowest BCUT2D eigenvalue weighted by Gasteiger charge is -2.25. The molecule has 32 heavy (non-hydrogen) atoms. The number of benzene rings is 2. The van der Waals surface area contributed by atoms with Crippen LogP contribution in [0, 0.1) is 12.8 Å². The van der Waals surface area contributed by atoms with Crippen molar-refractivity contribution in [2.75, 3.05) is 25.0 Å². The molecule has 172 valence electrons. The minimum atomic E-state index is -0.371. The molecule has 0 unspecified atom stereocenters. The first-order chi connectivity index (χ1) is 15.0. The lowest BCUT2D eigenvalue weighted by atomic mass is 9.86. The van der Waals surface area contributed by atoms with E-state index in [0.29, 0.717) is 17.8 Å². The number of rotatable bonds is 8. The van der Waals surface area contributed by atoms with Crippen LogP contribution in [0.15, 0.2) is 48.5 Å². The predicted molar refractivity (Wildman–Crippen MR) is 129 cm³/mol. The molecule has 0 bridgehead atoms. The molecule has 0 spiro atoms. The van der Waals surface area contributed by atoms with Crippen LogP contribution in [0.2, 0.25) is 0 Å². The molecule has 6 nitrogen and oxygen atoms in total. The largest absolute Gasteiger partial charge is 0.345 e. The van der Waals surface area contributed by atoms with Gasteiger partial charge in [-0.25, -0.2) is 0 Å². The summed E-state index contributed by atoms with van der Waals surface area (Å²) in [4.78, 5) is 39.2. The van der Waals surface area contributed by atoms with Crippen molar-refractivity contribution in [3.63, 3.8) is 0 Å². The van der Waals surface area contributed by atoms with Crippen LogP contribution < -0.4 is 10.6 Å². The summed E-state index contributed by atoms with van der Waals surface area (Å²) < 4.78 is 0. The van der Waals surface area contributed by atoms with E-state index in [1.165, 1.54) is 4.90 Å². The summed E-state index contributed by atoms with van der Waals surface area (Å²) in [5.74, 6) is -0.683. The second-order valence-corrected chi connectivity index (χ2v) is 9.60. The fraction of sp³-hybridized carbons (Fsp3) is 0.423. The molecule has 2 aromatic rings. The minimum absolute atomic E-state index is 0.00188. The molecule has 2 N–H and O–H groups in total. The first kappa shape index (κ1) is 25.1. The molecule has 0 saturated heterocycles. The third kappa shape index (κ3) is 7.84. The summed E-state index contributed by atoms with van der Waals surface area (Å²) in [6.45, 7) is 12.5. The number of nitrogens with one attached hydrogen (secondary N) is 2. The summed E-state index contributed by atoms with van der Waals surface area (Å²) in [6.07, 6.45) is 0. The first-order valence-electron chi connectivity index (χ1n) is 11.0. The fourth-order valence-corrected chi connectivity index (χ4v) is 3.29. The van der Waals surface area contributed by atoms with E-state index in [1.54, 1.807) is 6.07 Å². The van der Waals surface area contributed by atoms with Gasteiger partial charge < -0.3 is 15.5 Å². The topological polar surface area (TPSA) is 78.5 Å². The Hall–Kier alpha value is -3.15. The van der Waals surface area contributed by atoms with Crippen LogP contribution in [0.5, 0.6) is 0 Å². The molecule has 0 heterocycles. The van der Waals surface area contributed by atoms with Crippen molar-refractivity contribution < 1.29 is 14.4 Å². The van der Waals surface area contributed by atoms with Crippen molar-refractivity contribution in [3.8, 4) is 0 Å². The summed E-state index contributed by atoms with van der Waals surface area (Å²) in [5.41, 5.74) is 3.40. The van der Waals surface area contributed by atoms with Gasteiger partial charge in [-0.1, -0.05) is 58.9 Å². The maximum atomic E-state index is 13.1. The van der Waals surface area contributed by atoms with E-state index < -0.39 is 0 Å². The van der Waals surface area contributed by atoms with Crippen LogP contribution in [0.1, 0.15) is 56.1 Å². The fourth-order valence-electron chi connectivity index (χ4n) is 3.29. The van der Waals surface area contributed by atoms with Gasteiger partial charge in [-0.3, -0.25) is 14.4 Å². The van der Waals surface area contributed by atoms with Crippen LogP contribution in [0.4, 0.5) is 5.69 Å². The number of amides is 3. The Labute approximate surface area is 191 Å². The van der Waals surface area contributed by atoms with Crippen LogP contribution in [0.25, 0.3) is 0 Å². The van der Waals surface area contributed by atoms with Crippen molar-refractivity contribution in [3.05, 3.63) is 65.2 Å². The van der Waals surface area contributed by atoms with Gasteiger partial charge in [0.1, 0.15) is 0 Å². The number of carbonyl (C=O) groups excluding carboxylic acids is 3. The Balaban J connectivity index is 1.97. The highest BCUT2D eigenvalue weighted by molar-refractivity contribution is 5.98. The molecule has 0 atom stereocenters. The maximum Gasteiger partial charge on any atom is 0.254 e. The second kappa shape index (κ2) is 10.9. The van der Waals surface area contributed by atoms with E-state index in [1.807, 2.05) is 63.2 Å². The molecule has 3 amide bonds. The van der Waals surface area contributed by atoms with Crippen LogP contribution in [-0.2, 0) is 15.0 Å². The summed E-state index contributed by atoms with van der Waals surface area (Å²) in [6, 6.07) is 15.0. The third-order valence-corrected chi connectivity index (χ3v) is 4.95. The second-order valence-electron chi connectivity index (χ2n) is 9.60. The Morgan fingerprint density at radius 1 is 0.969 bits per heavy atom. The van der Waals surface area contributed by atoms with Crippen molar-refractivity contribution in [1.29, 1.82) is 0 Å². The summed E-state index contributed by atoms with van der Waals surface area (Å²) in [7, 11) is 0. The number of carbonyl (C=O) groups is 3. The molecule has 0 saturated carbocycles. The van der Waals surface area contributed by atoms with E-state index in [9.17, 15) is 14.4 Å². The van der Waals surface area contributed by atoms with Crippen LogP contribution in [0.3, 0.4) is 0 Å². The van der Waals surface area contributed by atoms with E-state index in [0.717, 1.165) is 11.1 Å². The number of nitrogens with zero attached hydrogens (tertiary/aromatic N) is 1. The Morgan fingerprint density at radius 2 is 1.62 bits per heavy atom. The molecule has 0 fully saturated rings. The SMILES string of the molecule is Cc1cccc(NC(=O)CNC(=O)CN(CC(C)C)C(=O)c2ccc(C(C)(C)C)cc2)c1. The van der Waals surface area contributed by atoms with Gasteiger partial charge in [0.15, 0.2) is 0 Å². The highest BCUT2D eigenvalue weighted by atomic mass is 16.2. The molecular formula is C26H35N3O3. The molecule has 6 heteroatoms. The van der Waals surface area contributed by atoms with Gasteiger partial charge in [-0.05, 0) is 53.6 Å². The van der Waals surface area contributed by atoms with Crippen LogP contribution >= 0.6 is 0 Å². The van der Waals surface area contributed by atoms with Crippen molar-refractivity contribution in [2.45, 2.75) is 47.0 Å². The molecule has 0 radical (unpaired) electrons. The molecule has 2 rings (SSSR count). The quantitative estimate of drug-likeness (QED) is 0.651. The zero-order valence-electron chi connectivity index (χ0n) is 20.0. The predicted octanol–water partition coefficient (Wildman–Crippen LogP) is 4.15. The maximum absolute atomic E-state index is 13.1. The van der Waals surface area contributed by atoms with E-state index in [2.05, 4.69) is 31.4 Å². The first-order valence-corrected chi connectivity index (χ1v) is 11.0. The Kier molecular flexibility index (Phi) is 8.58. The summed E-state index contributed by atoms with van der Waals surface area (Å²) >= 11 is 0. The van der Waals surface area contributed by atoms with Crippen molar-refractivity contribution in [2.24, 2.45) is 5.92 Å². The lowest BCUT2D eigenvalue weighted by molar-refractivity contribution is -0.124. The molecule has 2 aromatic carbocycles. The zero-order chi connectivity index (χ0) is 23.9. The number of aryl methyl sites for hydroxylation is 1. The monoisotopic (exact) mass is 437 g/mol. The van der Waals surface area contributed by atoms with Crippen molar-refractivity contribution in [1.82, 2.24) is 10.2 Å². The van der Waals surface area contributed by atoms with Gasteiger partial charge in [0.2, 0.25) is 11.8 Å². The van der Waals surface area contributed by atoms with Gasteiger partial charge in [0, 0.05) is 17.8 Å². The average molecular weight is 438 g/mol. The number of anilines is 1. The van der Waals surface area contributed by atoms with Crippen molar-refractivity contribution >= 4 is 23.4 Å². The number of hydrogen-bond donors (Lipinski definition) is 2. The van der Waals surface area contributed by atoms with Gasteiger partial charge in [-0.2, -0.15) is 0 Å². The minimum Gasteiger partial charge on any atom is -0.345 e. The molecule has 0 aromatic heterocycles. The van der Waals surface area contributed by atoms with Gasteiger partial charge >= 0.3 is 0 Å². The van der Waals surface area contributed by atoms with Gasteiger partial charge in [-0.15, -0.1) is 0 Å². The van der Waals surface area contributed by atoms with Gasteiger partial charge in [0.05, 0.1) is 13.1 Å². The normalized spacial score (nSPS) is 11.2. The Morgan fingerprint density at radius 3 is 2.19 bits per heavy atom. The standard InChI is InChI=1S/C26H35N3O3/c1-18(2)16-29(25(32)20-10-12-21(13-11-20)26(4,5)6)17-24(31)27-15-23(30)28-22-9-7-8-19(3)14-22/h7-14,18H,15-17H2,1-6H3,(H,27,31)(H,28,30). The van der Waals surface area contributed by atoms with E-state index >= 15 is 0 Å². The smallest absolute Gasteiger partial charge is 0.254 e. The lowest BCUT2D eigenvalue weighted by Crippen LogP contribution is -2.44. The molecule has 0 aliphatic heterocycles. The summed E-state index contributed by atoms with van der Waals surface area (Å²) in [5, 5.41) is 5.37. The van der Waals surface area contributed by atoms with Gasteiger partial charge in [0.25, 0.3) is 5.91 Å². The average Bonchev–Trinajstić information content (AvgIpc) is 2.70. The number of hydrogen-bond acceptors (Lipinski definition) is 3. The highest BCUT2D eigenvalue weighted by Gasteiger charge is 2.21. The molecule has 0 aliphatic rings. The zero-order valence-corrected chi connectivity index (χ0v) is 20.0. The molecule has 0 aliphatic carbocycles.